The van der Waals surface area contributed by atoms with Gasteiger partial charge in [-0.3, -0.25) is 4.79 Å². The summed E-state index contributed by atoms with van der Waals surface area (Å²) in [6.45, 7) is 1.80. The first kappa shape index (κ1) is 23.4. The van der Waals surface area contributed by atoms with Crippen molar-refractivity contribution in [3.63, 3.8) is 0 Å². The number of fused-ring (bicyclic) bond motifs is 1. The molecule has 0 aliphatic heterocycles. The van der Waals surface area contributed by atoms with E-state index in [2.05, 4.69) is 21.4 Å². The quantitative estimate of drug-likeness (QED) is 0.353. The van der Waals surface area contributed by atoms with Crippen molar-refractivity contribution in [2.45, 2.75) is 6.92 Å². The van der Waals surface area contributed by atoms with Crippen molar-refractivity contribution in [3.8, 4) is 23.3 Å². The molecule has 4 rings (SSSR count). The third-order valence-electron chi connectivity index (χ3n) is 5.26. The molecule has 0 fully saturated rings. The highest BCUT2D eigenvalue weighted by Gasteiger charge is 2.12. The number of anilines is 1. The fourth-order valence-corrected chi connectivity index (χ4v) is 3.43. The monoisotopic (exact) mass is 468 g/mol. The number of carbonyl (C=O) groups is 1. The lowest BCUT2D eigenvalue weighted by atomic mass is 10.1. The average molecular weight is 469 g/mol. The van der Waals surface area contributed by atoms with Crippen LogP contribution in [0.2, 0.25) is 0 Å². The summed E-state index contributed by atoms with van der Waals surface area (Å²) in [7, 11) is 3.11. The number of H-pyrrole nitrogens is 1. The van der Waals surface area contributed by atoms with Crippen molar-refractivity contribution in [3.05, 3.63) is 77.6 Å². The molecule has 8 heteroatoms. The van der Waals surface area contributed by atoms with E-state index in [0.29, 0.717) is 39.9 Å². The number of aromatic nitrogens is 2. The summed E-state index contributed by atoms with van der Waals surface area (Å²) in [6.07, 6.45) is 1.70. The van der Waals surface area contributed by atoms with Gasteiger partial charge in [-0.15, -0.1) is 0 Å². The van der Waals surface area contributed by atoms with Gasteiger partial charge < -0.3 is 24.5 Å². The van der Waals surface area contributed by atoms with E-state index in [9.17, 15) is 10.1 Å². The Morgan fingerprint density at radius 2 is 1.86 bits per heavy atom. The normalized spacial score (nSPS) is 11.1. The topological polar surface area (TPSA) is 109 Å². The van der Waals surface area contributed by atoms with Gasteiger partial charge in [-0.2, -0.15) is 5.26 Å². The lowest BCUT2D eigenvalue weighted by Gasteiger charge is -2.12. The van der Waals surface area contributed by atoms with Gasteiger partial charge >= 0.3 is 0 Å². The number of nitriles is 1. The van der Waals surface area contributed by atoms with E-state index < -0.39 is 0 Å². The van der Waals surface area contributed by atoms with Crippen LogP contribution in [-0.2, 0) is 4.79 Å². The Kier molecular flexibility index (Phi) is 6.98. The minimum atomic E-state index is -0.284. The standard InChI is InChI=1S/C27H24N4O4/c1-17-4-7-20(8-5-17)29-26(32)16-35-24-11-6-18(13-25(24)34-3)12-19(15-28)27-30-22-10-9-21(33-2)14-23(22)31-27/h4-14H,16H2,1-3H3,(H,29,32)(H,30,31)/b19-12-. The molecule has 0 spiro atoms. The summed E-state index contributed by atoms with van der Waals surface area (Å²) in [5.74, 6) is 1.71. The van der Waals surface area contributed by atoms with Gasteiger partial charge in [-0.05, 0) is 55.0 Å². The number of allylic oxidation sites excluding steroid dienone is 1. The highest BCUT2D eigenvalue weighted by atomic mass is 16.5. The Morgan fingerprint density at radius 1 is 1.06 bits per heavy atom. The van der Waals surface area contributed by atoms with Gasteiger partial charge in [0.25, 0.3) is 5.91 Å². The van der Waals surface area contributed by atoms with Gasteiger partial charge in [0.05, 0.1) is 30.8 Å². The molecular weight excluding hydrogens is 444 g/mol. The van der Waals surface area contributed by atoms with Crippen molar-refractivity contribution in [1.29, 1.82) is 5.26 Å². The van der Waals surface area contributed by atoms with Crippen LogP contribution in [0, 0.1) is 18.3 Å². The second-order valence-corrected chi connectivity index (χ2v) is 7.75. The number of ether oxygens (including phenoxy) is 3. The van der Waals surface area contributed by atoms with Crippen LogP contribution < -0.4 is 19.5 Å². The highest BCUT2D eigenvalue weighted by Crippen LogP contribution is 2.30. The van der Waals surface area contributed by atoms with Crippen LogP contribution in [0.1, 0.15) is 17.0 Å². The number of methoxy groups -OCH3 is 2. The van der Waals surface area contributed by atoms with E-state index in [-0.39, 0.29) is 12.5 Å². The molecular formula is C27H24N4O4. The van der Waals surface area contributed by atoms with Crippen LogP contribution in [0.4, 0.5) is 5.69 Å². The maximum atomic E-state index is 12.3. The molecule has 0 radical (unpaired) electrons. The first-order valence-electron chi connectivity index (χ1n) is 10.8. The van der Waals surface area contributed by atoms with Gasteiger partial charge in [0.15, 0.2) is 18.1 Å². The molecule has 2 N–H and O–H groups in total. The number of nitrogens with zero attached hydrogens (tertiary/aromatic N) is 2. The predicted octanol–water partition coefficient (Wildman–Crippen LogP) is 4.97. The second-order valence-electron chi connectivity index (χ2n) is 7.75. The zero-order chi connectivity index (χ0) is 24.8. The van der Waals surface area contributed by atoms with Crippen molar-refractivity contribution in [2.75, 3.05) is 26.1 Å². The van der Waals surface area contributed by atoms with Gasteiger partial charge in [0.1, 0.15) is 17.6 Å². The highest BCUT2D eigenvalue weighted by molar-refractivity contribution is 5.92. The minimum absolute atomic E-state index is 0.175. The lowest BCUT2D eigenvalue weighted by molar-refractivity contribution is -0.118. The van der Waals surface area contributed by atoms with Crippen molar-refractivity contribution in [2.24, 2.45) is 0 Å². The van der Waals surface area contributed by atoms with E-state index in [1.807, 2.05) is 49.4 Å². The number of nitrogens with one attached hydrogen (secondary N) is 2. The fourth-order valence-electron chi connectivity index (χ4n) is 3.43. The zero-order valence-corrected chi connectivity index (χ0v) is 19.6. The molecule has 4 aromatic rings. The van der Waals surface area contributed by atoms with E-state index in [4.69, 9.17) is 14.2 Å². The van der Waals surface area contributed by atoms with Crippen LogP contribution in [0.25, 0.3) is 22.7 Å². The average Bonchev–Trinajstić information content (AvgIpc) is 3.30. The van der Waals surface area contributed by atoms with Crippen LogP contribution in [0.15, 0.2) is 60.7 Å². The van der Waals surface area contributed by atoms with E-state index in [1.165, 1.54) is 7.11 Å². The molecule has 0 saturated carbocycles. The van der Waals surface area contributed by atoms with Gasteiger partial charge in [0, 0.05) is 11.8 Å². The van der Waals surface area contributed by atoms with Gasteiger partial charge in [-0.25, -0.2) is 4.98 Å². The number of imidazole rings is 1. The van der Waals surface area contributed by atoms with Gasteiger partial charge in [-0.1, -0.05) is 23.8 Å². The number of benzene rings is 3. The maximum Gasteiger partial charge on any atom is 0.262 e. The van der Waals surface area contributed by atoms with Crippen molar-refractivity contribution in [1.82, 2.24) is 9.97 Å². The molecule has 0 aliphatic carbocycles. The molecule has 35 heavy (non-hydrogen) atoms. The van der Waals surface area contributed by atoms with E-state index >= 15 is 0 Å². The molecule has 176 valence electrons. The molecule has 1 amide bonds. The fraction of sp³-hybridized carbons (Fsp3) is 0.148. The number of aromatic amines is 1. The third kappa shape index (κ3) is 5.60. The molecule has 1 aromatic heterocycles. The maximum absolute atomic E-state index is 12.3. The number of hydrogen-bond acceptors (Lipinski definition) is 6. The lowest BCUT2D eigenvalue weighted by Crippen LogP contribution is -2.20. The molecule has 0 aliphatic rings. The van der Waals surface area contributed by atoms with Crippen molar-refractivity contribution < 1.29 is 19.0 Å². The number of carbonyl (C=O) groups excluding carboxylic acids is 1. The van der Waals surface area contributed by atoms with Crippen molar-refractivity contribution >= 4 is 34.3 Å². The largest absolute Gasteiger partial charge is 0.497 e. The Morgan fingerprint density at radius 3 is 2.57 bits per heavy atom. The van der Waals surface area contributed by atoms with Crippen LogP contribution >= 0.6 is 0 Å². The smallest absolute Gasteiger partial charge is 0.262 e. The molecule has 0 bridgehead atoms. The summed E-state index contributed by atoms with van der Waals surface area (Å²) in [5.41, 5.74) is 4.38. The van der Waals surface area contributed by atoms with Crippen LogP contribution in [0.5, 0.6) is 17.2 Å². The SMILES string of the molecule is COc1ccc2nc(/C(C#N)=C\c3ccc(OCC(=O)Nc4ccc(C)cc4)c(OC)c3)[nH]c2c1. The number of amides is 1. The van der Waals surface area contributed by atoms with Gasteiger partial charge in [0.2, 0.25) is 0 Å². The summed E-state index contributed by atoms with van der Waals surface area (Å²) in [4.78, 5) is 19.9. The molecule has 8 nitrogen and oxygen atoms in total. The van der Waals surface area contributed by atoms with Crippen LogP contribution in [-0.4, -0.2) is 36.7 Å². The Hall–Kier alpha value is -4.77. The third-order valence-corrected chi connectivity index (χ3v) is 5.26. The molecule has 0 atom stereocenters. The predicted molar refractivity (Wildman–Crippen MR) is 134 cm³/mol. The summed E-state index contributed by atoms with van der Waals surface area (Å²) in [6, 6.07) is 20.4. The summed E-state index contributed by atoms with van der Waals surface area (Å²) >= 11 is 0. The second kappa shape index (κ2) is 10.4. The first-order chi connectivity index (χ1) is 17.0. The van der Waals surface area contributed by atoms with E-state index in [0.717, 1.165) is 16.6 Å². The molecule has 0 saturated heterocycles. The van der Waals surface area contributed by atoms with Crippen LogP contribution in [0.3, 0.4) is 0 Å². The Labute approximate surface area is 202 Å². The number of rotatable bonds is 8. The molecule has 3 aromatic carbocycles. The van der Waals surface area contributed by atoms with E-state index in [1.54, 1.807) is 31.4 Å². The molecule has 1 heterocycles. The Bertz CT molecular complexity index is 1430. The zero-order valence-electron chi connectivity index (χ0n) is 19.6. The summed E-state index contributed by atoms with van der Waals surface area (Å²) < 4.78 is 16.3. The molecule has 0 unspecified atom stereocenters. The number of aryl methyl sites for hydroxylation is 1. The summed E-state index contributed by atoms with van der Waals surface area (Å²) in [5, 5.41) is 12.5. The number of hydrogen-bond donors (Lipinski definition) is 2. The minimum Gasteiger partial charge on any atom is -0.497 e. The Balaban J connectivity index is 1.49. The first-order valence-corrected chi connectivity index (χ1v) is 10.8.